The standard InChI is InChI=1S/C17H17N3O5/c21-15-10-9-14(19-16(15)20(23)24)8-4-5-11-18-17(22)25-12-13-6-2-1-3-7-13/h1-4,6-10,21H,5,11-12H2,(H,18,22). The van der Waals surface area contributed by atoms with Crippen LogP contribution in [0.15, 0.2) is 48.5 Å². The highest BCUT2D eigenvalue weighted by molar-refractivity contribution is 5.67. The average molecular weight is 343 g/mol. The quantitative estimate of drug-likeness (QED) is 0.454. The zero-order valence-electron chi connectivity index (χ0n) is 13.3. The predicted molar refractivity (Wildman–Crippen MR) is 90.8 cm³/mol. The van der Waals surface area contributed by atoms with Gasteiger partial charge in [-0.15, -0.1) is 0 Å². The molecule has 0 radical (unpaired) electrons. The van der Waals surface area contributed by atoms with E-state index in [1.807, 2.05) is 30.3 Å². The van der Waals surface area contributed by atoms with E-state index in [4.69, 9.17) is 4.74 Å². The average Bonchev–Trinajstić information content (AvgIpc) is 2.61. The summed E-state index contributed by atoms with van der Waals surface area (Å²) in [5, 5.41) is 22.6. The molecule has 0 aliphatic carbocycles. The number of nitro groups is 1. The molecule has 1 aromatic heterocycles. The van der Waals surface area contributed by atoms with Crippen LogP contribution in [0.1, 0.15) is 17.7 Å². The van der Waals surface area contributed by atoms with Crippen LogP contribution in [0.25, 0.3) is 6.08 Å². The number of carbonyl (C=O) groups is 1. The number of carbonyl (C=O) groups excluding carboxylic acids is 1. The molecule has 0 spiro atoms. The van der Waals surface area contributed by atoms with E-state index in [1.54, 1.807) is 12.2 Å². The van der Waals surface area contributed by atoms with Crippen LogP contribution in [0, 0.1) is 10.1 Å². The summed E-state index contributed by atoms with van der Waals surface area (Å²) in [6.45, 7) is 0.550. The van der Waals surface area contributed by atoms with Gasteiger partial charge in [0.05, 0.1) is 0 Å². The van der Waals surface area contributed by atoms with Crippen molar-refractivity contribution < 1.29 is 19.6 Å². The van der Waals surface area contributed by atoms with Gasteiger partial charge >= 0.3 is 11.9 Å². The van der Waals surface area contributed by atoms with E-state index in [1.165, 1.54) is 12.1 Å². The smallest absolute Gasteiger partial charge is 0.407 e. The minimum atomic E-state index is -0.753. The Morgan fingerprint density at radius 3 is 2.76 bits per heavy atom. The summed E-state index contributed by atoms with van der Waals surface area (Å²) in [6, 6.07) is 12.0. The highest BCUT2D eigenvalue weighted by Gasteiger charge is 2.15. The van der Waals surface area contributed by atoms with Crippen molar-refractivity contribution in [2.24, 2.45) is 0 Å². The van der Waals surface area contributed by atoms with Crippen LogP contribution in [0.2, 0.25) is 0 Å². The van der Waals surface area contributed by atoms with E-state index in [2.05, 4.69) is 10.3 Å². The van der Waals surface area contributed by atoms with Gasteiger partial charge in [0.1, 0.15) is 6.61 Å². The molecule has 2 aromatic rings. The molecule has 0 saturated heterocycles. The first-order valence-corrected chi connectivity index (χ1v) is 7.52. The van der Waals surface area contributed by atoms with Gasteiger partial charge < -0.3 is 25.3 Å². The van der Waals surface area contributed by atoms with Crippen molar-refractivity contribution in [1.29, 1.82) is 0 Å². The van der Waals surface area contributed by atoms with Crippen molar-refractivity contribution in [3.63, 3.8) is 0 Å². The second kappa shape index (κ2) is 9.02. The third-order valence-electron chi connectivity index (χ3n) is 3.13. The van der Waals surface area contributed by atoms with Crippen molar-refractivity contribution in [2.45, 2.75) is 13.0 Å². The number of ether oxygens (including phenoxy) is 1. The number of amides is 1. The van der Waals surface area contributed by atoms with E-state index < -0.39 is 22.6 Å². The summed E-state index contributed by atoms with van der Waals surface area (Å²) < 4.78 is 5.06. The van der Waals surface area contributed by atoms with E-state index in [0.29, 0.717) is 18.7 Å². The second-order valence-corrected chi connectivity index (χ2v) is 5.02. The van der Waals surface area contributed by atoms with Crippen molar-refractivity contribution in [1.82, 2.24) is 10.3 Å². The minimum Gasteiger partial charge on any atom is -0.501 e. The molecule has 0 bridgehead atoms. The molecular formula is C17H17N3O5. The Hall–Kier alpha value is -3.42. The molecule has 0 aliphatic heterocycles. The van der Waals surface area contributed by atoms with E-state index in [0.717, 1.165) is 5.56 Å². The fraction of sp³-hybridized carbons (Fsp3) is 0.176. The molecule has 130 valence electrons. The Morgan fingerprint density at radius 2 is 2.04 bits per heavy atom. The van der Waals surface area contributed by atoms with Crippen molar-refractivity contribution in [3.8, 4) is 5.75 Å². The number of nitrogens with one attached hydrogen (secondary N) is 1. The number of pyridine rings is 1. The molecule has 1 amide bonds. The van der Waals surface area contributed by atoms with Crippen LogP contribution in [0.4, 0.5) is 10.6 Å². The summed E-state index contributed by atoms with van der Waals surface area (Å²) in [5.74, 6) is -1.07. The summed E-state index contributed by atoms with van der Waals surface area (Å²) in [6.07, 6.45) is 3.26. The Balaban J connectivity index is 1.72. The van der Waals surface area contributed by atoms with Gasteiger partial charge in [0.25, 0.3) is 0 Å². The summed E-state index contributed by atoms with van der Waals surface area (Å²) in [4.78, 5) is 25.2. The first-order valence-electron chi connectivity index (χ1n) is 7.52. The molecule has 25 heavy (non-hydrogen) atoms. The molecule has 0 unspecified atom stereocenters. The second-order valence-electron chi connectivity index (χ2n) is 5.02. The lowest BCUT2D eigenvalue weighted by atomic mass is 10.2. The highest BCUT2D eigenvalue weighted by Crippen LogP contribution is 2.22. The molecular weight excluding hydrogens is 326 g/mol. The maximum atomic E-state index is 11.5. The summed E-state index contributed by atoms with van der Waals surface area (Å²) in [7, 11) is 0. The highest BCUT2D eigenvalue weighted by atomic mass is 16.6. The maximum Gasteiger partial charge on any atom is 0.407 e. The molecule has 1 heterocycles. The van der Waals surface area contributed by atoms with Gasteiger partial charge in [0.15, 0.2) is 5.69 Å². The number of hydrogen-bond acceptors (Lipinski definition) is 6. The summed E-state index contributed by atoms with van der Waals surface area (Å²) >= 11 is 0. The van der Waals surface area contributed by atoms with Crippen LogP contribution < -0.4 is 5.32 Å². The molecule has 0 saturated carbocycles. The zero-order valence-corrected chi connectivity index (χ0v) is 13.3. The van der Waals surface area contributed by atoms with E-state index in [-0.39, 0.29) is 6.61 Å². The third-order valence-corrected chi connectivity index (χ3v) is 3.13. The van der Waals surface area contributed by atoms with Crippen LogP contribution in [0.5, 0.6) is 5.75 Å². The number of rotatable bonds is 7. The lowest BCUT2D eigenvalue weighted by Crippen LogP contribution is -2.24. The normalized spacial score (nSPS) is 10.6. The number of alkyl carbamates (subject to hydrolysis) is 1. The number of hydrogen-bond donors (Lipinski definition) is 2. The Morgan fingerprint density at radius 1 is 1.28 bits per heavy atom. The predicted octanol–water partition coefficient (Wildman–Crippen LogP) is 3.03. The third kappa shape index (κ3) is 5.94. The summed E-state index contributed by atoms with van der Waals surface area (Å²) in [5.41, 5.74) is 1.24. The Kier molecular flexibility index (Phi) is 6.47. The molecule has 2 rings (SSSR count). The molecule has 0 atom stereocenters. The fourth-order valence-electron chi connectivity index (χ4n) is 1.92. The number of benzene rings is 1. The van der Waals surface area contributed by atoms with Crippen LogP contribution >= 0.6 is 0 Å². The topological polar surface area (TPSA) is 115 Å². The van der Waals surface area contributed by atoms with E-state index >= 15 is 0 Å². The Bertz CT molecular complexity index is 762. The van der Waals surface area contributed by atoms with Gasteiger partial charge in [-0.25, -0.2) is 4.79 Å². The number of aromatic hydroxyl groups is 1. The zero-order chi connectivity index (χ0) is 18.1. The molecule has 8 heteroatoms. The van der Waals surface area contributed by atoms with Crippen molar-refractivity contribution in [3.05, 3.63) is 69.9 Å². The molecule has 0 aliphatic rings. The lowest BCUT2D eigenvalue weighted by Gasteiger charge is -2.05. The van der Waals surface area contributed by atoms with Crippen molar-refractivity contribution >= 4 is 18.0 Å². The monoisotopic (exact) mass is 343 g/mol. The molecule has 0 fully saturated rings. The van der Waals surface area contributed by atoms with Gasteiger partial charge in [-0.05, 0) is 40.1 Å². The molecule has 8 nitrogen and oxygen atoms in total. The largest absolute Gasteiger partial charge is 0.501 e. The van der Waals surface area contributed by atoms with Crippen LogP contribution in [-0.2, 0) is 11.3 Å². The number of nitrogens with zero attached hydrogens (tertiary/aromatic N) is 2. The lowest BCUT2D eigenvalue weighted by molar-refractivity contribution is -0.390. The SMILES string of the molecule is O=C(NCCC=Cc1ccc(O)c([N+](=O)[O-])n1)OCc1ccccc1. The minimum absolute atomic E-state index is 0.198. The first-order chi connectivity index (χ1) is 12.1. The van der Waals surface area contributed by atoms with Gasteiger partial charge in [0.2, 0.25) is 5.75 Å². The number of aromatic nitrogens is 1. The van der Waals surface area contributed by atoms with Crippen LogP contribution in [0.3, 0.4) is 0 Å². The van der Waals surface area contributed by atoms with Crippen LogP contribution in [-0.4, -0.2) is 27.7 Å². The molecule has 1 aromatic carbocycles. The first kappa shape index (κ1) is 17.9. The Labute approximate surface area is 143 Å². The van der Waals surface area contributed by atoms with Crippen molar-refractivity contribution in [2.75, 3.05) is 6.54 Å². The van der Waals surface area contributed by atoms with Gasteiger partial charge in [-0.1, -0.05) is 36.4 Å². The maximum absolute atomic E-state index is 11.5. The van der Waals surface area contributed by atoms with E-state index in [9.17, 15) is 20.0 Å². The fourth-order valence-corrected chi connectivity index (χ4v) is 1.92. The van der Waals surface area contributed by atoms with Gasteiger partial charge in [-0.3, -0.25) is 0 Å². The van der Waals surface area contributed by atoms with Gasteiger partial charge in [-0.2, -0.15) is 0 Å². The van der Waals surface area contributed by atoms with Gasteiger partial charge in [0, 0.05) is 6.54 Å². The molecule has 2 N–H and O–H groups in total.